The van der Waals surface area contributed by atoms with Crippen molar-refractivity contribution < 1.29 is 9.32 Å². The smallest absolute Gasteiger partial charge is 0.273 e. The van der Waals surface area contributed by atoms with E-state index >= 15 is 0 Å². The van der Waals surface area contributed by atoms with Gasteiger partial charge in [0, 0.05) is 19.9 Å². The molecule has 8 nitrogen and oxygen atoms in total. The Morgan fingerprint density at radius 1 is 1.50 bits per heavy atom. The zero-order chi connectivity index (χ0) is 14.7. The van der Waals surface area contributed by atoms with Crippen LogP contribution < -0.4 is 11.1 Å². The molecule has 0 aliphatic carbocycles. The van der Waals surface area contributed by atoms with Gasteiger partial charge in [0.25, 0.3) is 5.91 Å². The molecule has 2 aromatic rings. The molecule has 0 aromatic carbocycles. The number of amides is 1. The molecule has 20 heavy (non-hydrogen) atoms. The minimum Gasteiger partial charge on any atom is -0.395 e. The topological polar surface area (TPSA) is 123 Å². The van der Waals surface area contributed by atoms with Crippen LogP contribution in [0.2, 0.25) is 0 Å². The van der Waals surface area contributed by atoms with E-state index in [9.17, 15) is 4.79 Å². The summed E-state index contributed by atoms with van der Waals surface area (Å²) >= 11 is 0. The van der Waals surface area contributed by atoms with Crippen molar-refractivity contribution in [2.75, 3.05) is 12.3 Å². The third-order valence-corrected chi connectivity index (χ3v) is 2.83. The van der Waals surface area contributed by atoms with Crippen LogP contribution in [-0.4, -0.2) is 32.8 Å². The van der Waals surface area contributed by atoms with Crippen LogP contribution in [0.4, 0.5) is 5.69 Å². The summed E-state index contributed by atoms with van der Waals surface area (Å²) in [6.07, 6.45) is 0.491. The zero-order valence-corrected chi connectivity index (χ0v) is 11.7. The fourth-order valence-electron chi connectivity index (χ4n) is 1.79. The summed E-state index contributed by atoms with van der Waals surface area (Å²) in [5, 5.41) is 13.2. The molecule has 0 saturated carbocycles. The Hall–Kier alpha value is -2.38. The second-order valence-electron chi connectivity index (χ2n) is 4.79. The summed E-state index contributed by atoms with van der Waals surface area (Å²) in [5.74, 6) is 0.933. The minimum atomic E-state index is -0.314. The second kappa shape index (κ2) is 5.72. The fourth-order valence-corrected chi connectivity index (χ4v) is 1.79. The van der Waals surface area contributed by atoms with Gasteiger partial charge in [-0.3, -0.25) is 9.89 Å². The van der Waals surface area contributed by atoms with Crippen LogP contribution in [0.1, 0.15) is 47.7 Å². The van der Waals surface area contributed by atoms with E-state index in [1.807, 2.05) is 13.8 Å². The van der Waals surface area contributed by atoms with Crippen molar-refractivity contribution in [1.29, 1.82) is 0 Å². The van der Waals surface area contributed by atoms with Crippen molar-refractivity contribution in [2.24, 2.45) is 0 Å². The van der Waals surface area contributed by atoms with Gasteiger partial charge < -0.3 is 15.6 Å². The number of H-pyrrole nitrogens is 1. The largest absolute Gasteiger partial charge is 0.395 e. The quantitative estimate of drug-likeness (QED) is 0.742. The molecule has 1 amide bonds. The highest BCUT2D eigenvalue weighted by molar-refractivity contribution is 5.97. The lowest BCUT2D eigenvalue weighted by molar-refractivity contribution is 0.0950. The molecule has 0 radical (unpaired) electrons. The van der Waals surface area contributed by atoms with Crippen LogP contribution in [0.25, 0.3) is 0 Å². The SMILES string of the molecule is Cc1nc(CCNC(=O)c2n[nH]c(C(C)C)c2N)no1. The Labute approximate surface area is 116 Å². The van der Waals surface area contributed by atoms with Crippen LogP contribution in [0, 0.1) is 6.92 Å². The maximum absolute atomic E-state index is 12.0. The lowest BCUT2D eigenvalue weighted by Gasteiger charge is -2.03. The molecule has 0 unspecified atom stereocenters. The lowest BCUT2D eigenvalue weighted by Crippen LogP contribution is -2.27. The molecular weight excluding hydrogens is 260 g/mol. The summed E-state index contributed by atoms with van der Waals surface area (Å²) in [4.78, 5) is 16.0. The van der Waals surface area contributed by atoms with Crippen LogP contribution in [0.15, 0.2) is 4.52 Å². The Morgan fingerprint density at radius 3 is 2.80 bits per heavy atom. The number of nitrogens with two attached hydrogens (primary N) is 1. The summed E-state index contributed by atoms with van der Waals surface area (Å²) < 4.78 is 4.84. The predicted molar refractivity (Wildman–Crippen MR) is 72.2 cm³/mol. The molecule has 0 spiro atoms. The molecule has 0 aliphatic rings. The molecule has 0 atom stereocenters. The van der Waals surface area contributed by atoms with E-state index in [-0.39, 0.29) is 17.5 Å². The van der Waals surface area contributed by atoms with E-state index in [2.05, 4.69) is 25.7 Å². The molecule has 2 heterocycles. The molecular formula is C12H18N6O2. The van der Waals surface area contributed by atoms with Gasteiger partial charge in [-0.1, -0.05) is 19.0 Å². The highest BCUT2D eigenvalue weighted by atomic mass is 16.5. The van der Waals surface area contributed by atoms with E-state index in [1.54, 1.807) is 6.92 Å². The number of nitrogens with one attached hydrogen (secondary N) is 2. The summed E-state index contributed by atoms with van der Waals surface area (Å²) in [6, 6.07) is 0. The zero-order valence-electron chi connectivity index (χ0n) is 11.7. The Balaban J connectivity index is 1.92. The van der Waals surface area contributed by atoms with Gasteiger partial charge in [0.2, 0.25) is 5.89 Å². The van der Waals surface area contributed by atoms with Crippen molar-refractivity contribution >= 4 is 11.6 Å². The van der Waals surface area contributed by atoms with Crippen molar-refractivity contribution in [3.8, 4) is 0 Å². The van der Waals surface area contributed by atoms with Crippen LogP contribution in [0.3, 0.4) is 0 Å². The number of aryl methyl sites for hydroxylation is 1. The molecule has 108 valence electrons. The van der Waals surface area contributed by atoms with Crippen molar-refractivity contribution in [3.63, 3.8) is 0 Å². The first kappa shape index (κ1) is 14.0. The molecule has 8 heteroatoms. The van der Waals surface area contributed by atoms with Crippen LogP contribution in [-0.2, 0) is 6.42 Å². The number of anilines is 1. The molecule has 0 saturated heterocycles. The minimum absolute atomic E-state index is 0.186. The van der Waals surface area contributed by atoms with Crippen molar-refractivity contribution in [2.45, 2.75) is 33.1 Å². The normalized spacial score (nSPS) is 11.0. The number of carbonyl (C=O) groups excluding carboxylic acids is 1. The number of rotatable bonds is 5. The Bertz CT molecular complexity index is 601. The number of nitrogens with zero attached hydrogens (tertiary/aromatic N) is 3. The highest BCUT2D eigenvalue weighted by Crippen LogP contribution is 2.21. The van der Waals surface area contributed by atoms with Gasteiger partial charge in [-0.15, -0.1) is 0 Å². The number of hydrogen-bond donors (Lipinski definition) is 3. The monoisotopic (exact) mass is 278 g/mol. The summed E-state index contributed by atoms with van der Waals surface area (Å²) in [6.45, 7) is 6.06. The molecule has 0 fully saturated rings. The number of nitrogen functional groups attached to an aromatic ring is 1. The Kier molecular flexibility index (Phi) is 4.02. The average molecular weight is 278 g/mol. The molecule has 4 N–H and O–H groups in total. The summed E-state index contributed by atoms with van der Waals surface area (Å²) in [5.41, 5.74) is 7.28. The van der Waals surface area contributed by atoms with Crippen LogP contribution >= 0.6 is 0 Å². The van der Waals surface area contributed by atoms with Gasteiger partial charge in [-0.2, -0.15) is 10.1 Å². The lowest BCUT2D eigenvalue weighted by atomic mass is 10.1. The van der Waals surface area contributed by atoms with Gasteiger partial charge >= 0.3 is 0 Å². The maximum Gasteiger partial charge on any atom is 0.273 e. The third kappa shape index (κ3) is 2.95. The summed E-state index contributed by atoms with van der Waals surface area (Å²) in [7, 11) is 0. The molecule has 2 aromatic heterocycles. The van der Waals surface area contributed by atoms with E-state index in [0.717, 1.165) is 5.69 Å². The first-order chi connectivity index (χ1) is 9.49. The fraction of sp³-hybridized carbons (Fsp3) is 0.500. The van der Waals surface area contributed by atoms with E-state index in [4.69, 9.17) is 10.3 Å². The first-order valence-corrected chi connectivity index (χ1v) is 6.40. The maximum atomic E-state index is 12.0. The van der Waals surface area contributed by atoms with Crippen molar-refractivity contribution in [1.82, 2.24) is 25.7 Å². The van der Waals surface area contributed by atoms with Crippen LogP contribution in [0.5, 0.6) is 0 Å². The predicted octanol–water partition coefficient (Wildman–Crippen LogP) is 0.779. The van der Waals surface area contributed by atoms with E-state index in [0.29, 0.717) is 30.4 Å². The second-order valence-corrected chi connectivity index (χ2v) is 4.79. The van der Waals surface area contributed by atoms with E-state index in [1.165, 1.54) is 0 Å². The molecule has 0 bridgehead atoms. The molecule has 2 rings (SSSR count). The van der Waals surface area contributed by atoms with Gasteiger partial charge in [-0.05, 0) is 5.92 Å². The number of carbonyl (C=O) groups is 1. The first-order valence-electron chi connectivity index (χ1n) is 6.40. The number of aromatic nitrogens is 4. The number of hydrogen-bond acceptors (Lipinski definition) is 6. The average Bonchev–Trinajstić information content (AvgIpc) is 2.95. The molecule has 0 aliphatic heterocycles. The van der Waals surface area contributed by atoms with Gasteiger partial charge in [-0.25, -0.2) is 0 Å². The van der Waals surface area contributed by atoms with Gasteiger partial charge in [0.15, 0.2) is 11.5 Å². The van der Waals surface area contributed by atoms with E-state index < -0.39 is 0 Å². The standard InChI is InChI=1S/C12H18N6O2/c1-6(2)10-9(13)11(17-16-10)12(19)14-5-4-8-15-7(3)20-18-8/h6H,4-5,13H2,1-3H3,(H,14,19)(H,16,17). The van der Waals surface area contributed by atoms with Gasteiger partial charge in [0.05, 0.1) is 11.4 Å². The van der Waals surface area contributed by atoms with Crippen molar-refractivity contribution in [3.05, 3.63) is 23.1 Å². The Morgan fingerprint density at radius 2 is 2.25 bits per heavy atom. The highest BCUT2D eigenvalue weighted by Gasteiger charge is 2.18. The number of aromatic amines is 1. The third-order valence-electron chi connectivity index (χ3n) is 2.83. The van der Waals surface area contributed by atoms with Gasteiger partial charge in [0.1, 0.15) is 0 Å².